The highest BCUT2D eigenvalue weighted by Crippen LogP contribution is 2.12. The Kier molecular flexibility index (Phi) is 10.0. The van der Waals surface area contributed by atoms with Crippen molar-refractivity contribution in [2.45, 2.75) is 47.2 Å². The standard InChI is InChI=1S/C20H36N4O/c1-7-24(8-2)13-14-25-19-11-9-18(10-12-19)15-22-20(21-6)23-17(5)16(3)4/h9-12,16-17H,7-8,13-15H2,1-6H3,(H2,21,22,23). The molecule has 0 fully saturated rings. The van der Waals surface area contributed by atoms with E-state index < -0.39 is 0 Å². The molecule has 0 aliphatic rings. The minimum Gasteiger partial charge on any atom is -0.492 e. The van der Waals surface area contributed by atoms with Crippen molar-refractivity contribution in [3.63, 3.8) is 0 Å². The van der Waals surface area contributed by atoms with E-state index >= 15 is 0 Å². The van der Waals surface area contributed by atoms with Gasteiger partial charge in [-0.1, -0.05) is 39.8 Å². The van der Waals surface area contributed by atoms with Crippen LogP contribution in [-0.4, -0.2) is 50.2 Å². The summed E-state index contributed by atoms with van der Waals surface area (Å²) in [6.45, 7) is 15.5. The molecule has 0 bridgehead atoms. The molecule has 0 saturated carbocycles. The van der Waals surface area contributed by atoms with Crippen LogP contribution >= 0.6 is 0 Å². The Morgan fingerprint density at radius 2 is 1.76 bits per heavy atom. The van der Waals surface area contributed by atoms with Gasteiger partial charge in [-0.05, 0) is 43.6 Å². The van der Waals surface area contributed by atoms with Crippen LogP contribution in [0.1, 0.15) is 40.2 Å². The molecule has 1 aromatic rings. The maximum atomic E-state index is 5.82. The fourth-order valence-electron chi connectivity index (χ4n) is 2.30. The van der Waals surface area contributed by atoms with Gasteiger partial charge in [-0.2, -0.15) is 0 Å². The SMILES string of the molecule is CCN(CC)CCOc1ccc(CNC(=NC)NC(C)C(C)C)cc1. The minimum absolute atomic E-state index is 0.382. The predicted molar refractivity (Wildman–Crippen MR) is 107 cm³/mol. The summed E-state index contributed by atoms with van der Waals surface area (Å²) in [5, 5.41) is 6.76. The highest BCUT2D eigenvalue weighted by molar-refractivity contribution is 5.79. The van der Waals surface area contributed by atoms with E-state index in [1.165, 1.54) is 5.56 Å². The van der Waals surface area contributed by atoms with Gasteiger partial charge in [-0.3, -0.25) is 4.99 Å². The molecule has 5 nitrogen and oxygen atoms in total. The van der Waals surface area contributed by atoms with Gasteiger partial charge in [0.2, 0.25) is 0 Å². The van der Waals surface area contributed by atoms with Gasteiger partial charge in [-0.25, -0.2) is 0 Å². The molecule has 5 heteroatoms. The largest absolute Gasteiger partial charge is 0.492 e. The van der Waals surface area contributed by atoms with Crippen LogP contribution in [0.4, 0.5) is 0 Å². The van der Waals surface area contributed by atoms with E-state index in [4.69, 9.17) is 4.74 Å². The molecule has 0 aliphatic heterocycles. The number of nitrogens with one attached hydrogen (secondary N) is 2. The quantitative estimate of drug-likeness (QED) is 0.504. The number of guanidine groups is 1. The summed E-state index contributed by atoms with van der Waals surface area (Å²) in [6, 6.07) is 8.64. The van der Waals surface area contributed by atoms with Gasteiger partial charge in [0.15, 0.2) is 5.96 Å². The van der Waals surface area contributed by atoms with Crippen LogP contribution in [0.15, 0.2) is 29.3 Å². The van der Waals surface area contributed by atoms with Crippen molar-refractivity contribution in [1.82, 2.24) is 15.5 Å². The van der Waals surface area contributed by atoms with Crippen LogP contribution < -0.4 is 15.4 Å². The van der Waals surface area contributed by atoms with Crippen LogP contribution in [0.25, 0.3) is 0 Å². The predicted octanol–water partition coefficient (Wildman–Crippen LogP) is 3.12. The summed E-state index contributed by atoms with van der Waals surface area (Å²) in [5.41, 5.74) is 1.20. The van der Waals surface area contributed by atoms with Gasteiger partial charge in [-0.15, -0.1) is 0 Å². The van der Waals surface area contributed by atoms with E-state index in [9.17, 15) is 0 Å². The number of rotatable bonds is 10. The van der Waals surface area contributed by atoms with Gasteiger partial charge in [0, 0.05) is 26.2 Å². The third-order valence-corrected chi connectivity index (χ3v) is 4.54. The van der Waals surface area contributed by atoms with Gasteiger partial charge in [0.1, 0.15) is 12.4 Å². The minimum atomic E-state index is 0.382. The van der Waals surface area contributed by atoms with Crippen LogP contribution in [0.3, 0.4) is 0 Å². The number of ether oxygens (including phenoxy) is 1. The van der Waals surface area contributed by atoms with Crippen molar-refractivity contribution < 1.29 is 4.74 Å². The maximum Gasteiger partial charge on any atom is 0.191 e. The number of hydrogen-bond donors (Lipinski definition) is 2. The second-order valence-electron chi connectivity index (χ2n) is 6.62. The van der Waals surface area contributed by atoms with Crippen LogP contribution in [0.5, 0.6) is 5.75 Å². The van der Waals surface area contributed by atoms with Gasteiger partial charge < -0.3 is 20.3 Å². The topological polar surface area (TPSA) is 48.9 Å². The maximum absolute atomic E-state index is 5.82. The molecule has 25 heavy (non-hydrogen) atoms. The van der Waals surface area contributed by atoms with Crippen LogP contribution in [0.2, 0.25) is 0 Å². The first-order valence-electron chi connectivity index (χ1n) is 9.41. The van der Waals surface area contributed by atoms with E-state index in [0.29, 0.717) is 12.0 Å². The number of aliphatic imine (C=N–C) groups is 1. The van der Waals surface area contributed by atoms with Crippen molar-refractivity contribution in [3.05, 3.63) is 29.8 Å². The zero-order valence-electron chi connectivity index (χ0n) is 16.8. The summed E-state index contributed by atoms with van der Waals surface area (Å²) >= 11 is 0. The third kappa shape index (κ3) is 8.25. The second-order valence-corrected chi connectivity index (χ2v) is 6.62. The molecule has 0 amide bonds. The molecule has 1 rings (SSSR count). The Morgan fingerprint density at radius 3 is 2.28 bits per heavy atom. The number of likely N-dealkylation sites (N-methyl/N-ethyl adjacent to an activating group) is 1. The lowest BCUT2D eigenvalue weighted by Gasteiger charge is -2.21. The Hall–Kier alpha value is -1.75. The zero-order chi connectivity index (χ0) is 18.7. The molecule has 2 N–H and O–H groups in total. The number of hydrogen-bond acceptors (Lipinski definition) is 3. The van der Waals surface area contributed by atoms with Crippen molar-refractivity contribution in [1.29, 1.82) is 0 Å². The van der Waals surface area contributed by atoms with E-state index in [-0.39, 0.29) is 0 Å². The number of benzene rings is 1. The lowest BCUT2D eigenvalue weighted by atomic mass is 10.1. The molecular weight excluding hydrogens is 312 g/mol. The first-order valence-corrected chi connectivity index (χ1v) is 9.41. The summed E-state index contributed by atoms with van der Waals surface area (Å²) in [5.74, 6) is 2.32. The highest BCUT2D eigenvalue weighted by Gasteiger charge is 2.08. The van der Waals surface area contributed by atoms with Crippen LogP contribution in [-0.2, 0) is 6.54 Å². The zero-order valence-corrected chi connectivity index (χ0v) is 16.8. The summed E-state index contributed by atoms with van der Waals surface area (Å²) in [6.07, 6.45) is 0. The molecule has 0 spiro atoms. The Morgan fingerprint density at radius 1 is 1.12 bits per heavy atom. The molecule has 0 aromatic heterocycles. The first-order chi connectivity index (χ1) is 12.0. The Bertz CT molecular complexity index is 495. The highest BCUT2D eigenvalue weighted by atomic mass is 16.5. The van der Waals surface area contributed by atoms with Gasteiger partial charge in [0.25, 0.3) is 0 Å². The fraction of sp³-hybridized carbons (Fsp3) is 0.650. The van der Waals surface area contributed by atoms with E-state index in [0.717, 1.165) is 44.5 Å². The van der Waals surface area contributed by atoms with Crippen molar-refractivity contribution in [2.24, 2.45) is 10.9 Å². The molecule has 1 aromatic carbocycles. The van der Waals surface area contributed by atoms with E-state index in [2.05, 4.69) is 67.3 Å². The fourth-order valence-corrected chi connectivity index (χ4v) is 2.30. The normalized spacial score (nSPS) is 13.2. The first kappa shape index (κ1) is 21.3. The summed E-state index contributed by atoms with van der Waals surface area (Å²) in [4.78, 5) is 6.64. The van der Waals surface area contributed by atoms with E-state index in [1.54, 1.807) is 7.05 Å². The summed E-state index contributed by atoms with van der Waals surface area (Å²) in [7, 11) is 1.80. The molecule has 0 radical (unpaired) electrons. The van der Waals surface area contributed by atoms with E-state index in [1.807, 2.05) is 12.1 Å². The number of nitrogens with zero attached hydrogens (tertiary/aromatic N) is 2. The van der Waals surface area contributed by atoms with Gasteiger partial charge in [0.05, 0.1) is 0 Å². The molecule has 0 aliphatic carbocycles. The average molecular weight is 349 g/mol. The Labute approximate surface area is 153 Å². The molecule has 142 valence electrons. The second kappa shape index (κ2) is 11.7. The summed E-state index contributed by atoms with van der Waals surface area (Å²) < 4.78 is 5.82. The smallest absolute Gasteiger partial charge is 0.191 e. The molecular formula is C20H36N4O. The average Bonchev–Trinajstić information content (AvgIpc) is 2.63. The van der Waals surface area contributed by atoms with Crippen molar-refractivity contribution in [2.75, 3.05) is 33.3 Å². The van der Waals surface area contributed by atoms with Crippen LogP contribution in [0, 0.1) is 5.92 Å². The molecule has 0 saturated heterocycles. The van der Waals surface area contributed by atoms with Gasteiger partial charge >= 0.3 is 0 Å². The third-order valence-electron chi connectivity index (χ3n) is 4.54. The lowest BCUT2D eigenvalue weighted by molar-refractivity contribution is 0.223. The molecule has 1 atom stereocenters. The molecule has 0 heterocycles. The molecule has 1 unspecified atom stereocenters. The monoisotopic (exact) mass is 348 g/mol. The van der Waals surface area contributed by atoms with Crippen molar-refractivity contribution in [3.8, 4) is 5.75 Å². The lowest BCUT2D eigenvalue weighted by Crippen LogP contribution is -2.43. The Balaban J connectivity index is 2.41. The van der Waals surface area contributed by atoms with Crippen molar-refractivity contribution >= 4 is 5.96 Å².